The number of hydrogen-bond donors (Lipinski definition) is 0. The minimum absolute atomic E-state index is 0. The van der Waals surface area contributed by atoms with Gasteiger partial charge in [0.15, 0.2) is 0 Å². The molecule has 0 aliphatic heterocycles. The van der Waals surface area contributed by atoms with Crippen LogP contribution >= 0.6 is 0 Å². The van der Waals surface area contributed by atoms with Gasteiger partial charge < -0.3 is 0 Å². The van der Waals surface area contributed by atoms with Gasteiger partial charge in [-0.05, 0) is 6.92 Å². The van der Waals surface area contributed by atoms with Crippen LogP contribution in [0.5, 0.6) is 0 Å². The van der Waals surface area contributed by atoms with Crippen LogP contribution in [0.4, 0.5) is 13.2 Å². The Kier molecular flexibility index (Phi) is 7.05. The van der Waals surface area contributed by atoms with Gasteiger partial charge in [0, 0.05) is 0 Å². The molecule has 0 rings (SSSR count). The molecule has 76 valence electrons. The summed E-state index contributed by atoms with van der Waals surface area (Å²) in [7, 11) is -4.71. The quantitative estimate of drug-likeness (QED) is 0.380. The second kappa shape index (κ2) is 5.85. The van der Waals surface area contributed by atoms with Gasteiger partial charge in [0.05, 0.1) is 6.61 Å². The summed E-state index contributed by atoms with van der Waals surface area (Å²) in [4.78, 5) is 2.53. The molecule has 0 radical (unpaired) electrons. The molecule has 0 spiro atoms. The van der Waals surface area contributed by atoms with E-state index in [0.29, 0.717) is 0 Å². The summed E-state index contributed by atoms with van der Waals surface area (Å²) in [5, 5.41) is 0. The normalized spacial score (nSPS) is 12.3. The van der Waals surface area contributed by atoms with Crippen LogP contribution in [0.25, 0.3) is 0 Å². The van der Waals surface area contributed by atoms with E-state index in [1.54, 1.807) is 0 Å². The van der Waals surface area contributed by atoms with E-state index < -0.39 is 16.8 Å². The zero-order valence-electron chi connectivity index (χ0n) is 5.79. The second-order valence-corrected chi connectivity index (χ2v) is 2.60. The van der Waals surface area contributed by atoms with Crippen molar-refractivity contribution in [3.63, 3.8) is 0 Å². The molecule has 0 saturated carbocycles. The summed E-state index contributed by atoms with van der Waals surface area (Å²) >= 11 is 0. The third-order valence-electron chi connectivity index (χ3n) is 0.474. The molecule has 0 atom stereocenters. The summed E-state index contributed by atoms with van der Waals surface area (Å²) in [5.41, 5.74) is 0. The molecule has 0 bridgehead atoms. The molecule has 5 nitrogen and oxygen atoms in total. The van der Waals surface area contributed by atoms with Crippen molar-refractivity contribution in [1.82, 2.24) is 0 Å². The molecule has 0 heterocycles. The zero-order valence-corrected chi connectivity index (χ0v) is 6.61. The van der Waals surface area contributed by atoms with Gasteiger partial charge in [0.1, 0.15) is 0 Å². The average Bonchev–Trinajstić information content (AvgIpc) is 1.83. The summed E-state index contributed by atoms with van der Waals surface area (Å²) in [6, 6.07) is 0. The van der Waals surface area contributed by atoms with E-state index in [4.69, 9.17) is 0 Å². The SMILES string of the molecule is CCOS(=O)(=O)OOC(F)(F)F.[LiH]. The van der Waals surface area contributed by atoms with Crippen molar-refractivity contribution in [3.8, 4) is 0 Å². The Morgan fingerprint density at radius 1 is 1.31 bits per heavy atom. The first-order valence-corrected chi connectivity index (χ1v) is 3.93. The topological polar surface area (TPSA) is 61.8 Å². The fourth-order valence-electron chi connectivity index (χ4n) is 0.244. The Balaban J connectivity index is 0. The van der Waals surface area contributed by atoms with Crippen LogP contribution in [-0.4, -0.2) is 40.2 Å². The minimum atomic E-state index is -5.18. The molecule has 0 aromatic carbocycles. The Labute approximate surface area is 84.6 Å². The predicted molar refractivity (Wildman–Crippen MR) is 35.9 cm³/mol. The molecule has 10 heteroatoms. The van der Waals surface area contributed by atoms with Crippen molar-refractivity contribution in [1.29, 1.82) is 0 Å². The molecule has 0 aromatic rings. The van der Waals surface area contributed by atoms with Gasteiger partial charge in [0.25, 0.3) is 0 Å². The fraction of sp³-hybridized carbons (Fsp3) is 1.00. The molecule has 0 aliphatic rings. The summed E-state index contributed by atoms with van der Waals surface area (Å²) in [5.74, 6) is 0. The van der Waals surface area contributed by atoms with E-state index in [1.807, 2.05) is 0 Å². The summed E-state index contributed by atoms with van der Waals surface area (Å²) in [6.45, 7) is 0.915. The first-order valence-electron chi connectivity index (χ1n) is 2.60. The molecule has 0 fully saturated rings. The van der Waals surface area contributed by atoms with E-state index in [9.17, 15) is 21.6 Å². The number of halogens is 3. The Hall–Kier alpha value is 0.217. The maximum absolute atomic E-state index is 11.2. The van der Waals surface area contributed by atoms with Gasteiger partial charge in [0.2, 0.25) is 0 Å². The van der Waals surface area contributed by atoms with Gasteiger partial charge in [-0.3, -0.25) is 0 Å². The maximum atomic E-state index is 11.2. The fourth-order valence-corrected chi connectivity index (χ4v) is 0.733. The van der Waals surface area contributed by atoms with E-state index >= 15 is 0 Å². The van der Waals surface area contributed by atoms with Crippen molar-refractivity contribution in [3.05, 3.63) is 0 Å². The molecule has 0 N–H and O–H groups in total. The average molecular weight is 218 g/mol. The molecular weight excluding hydrogens is 212 g/mol. The first kappa shape index (κ1) is 15.7. The molecular formula is C3H6F3LiO5S. The Morgan fingerprint density at radius 2 is 1.77 bits per heavy atom. The number of rotatable bonds is 4. The van der Waals surface area contributed by atoms with E-state index in [1.165, 1.54) is 6.92 Å². The van der Waals surface area contributed by atoms with Crippen LogP contribution < -0.4 is 0 Å². The van der Waals surface area contributed by atoms with Crippen molar-refractivity contribution in [2.24, 2.45) is 0 Å². The van der Waals surface area contributed by atoms with Crippen molar-refractivity contribution in [2.75, 3.05) is 6.61 Å². The van der Waals surface area contributed by atoms with E-state index in [2.05, 4.69) is 13.4 Å². The summed E-state index contributed by atoms with van der Waals surface area (Å²) < 4.78 is 60.6. The van der Waals surface area contributed by atoms with E-state index in [-0.39, 0.29) is 25.5 Å². The predicted octanol–water partition coefficient (Wildman–Crippen LogP) is 0.0872. The third kappa shape index (κ3) is 10.1. The van der Waals surface area contributed by atoms with Crippen molar-refractivity contribution in [2.45, 2.75) is 13.3 Å². The zero-order chi connectivity index (χ0) is 9.83. The van der Waals surface area contributed by atoms with Crippen LogP contribution in [0.2, 0.25) is 0 Å². The molecule has 0 aromatic heterocycles. The van der Waals surface area contributed by atoms with Gasteiger partial charge in [-0.15, -0.1) is 18.1 Å². The van der Waals surface area contributed by atoms with Gasteiger partial charge in [-0.1, -0.05) is 4.33 Å². The number of alkyl halides is 3. The van der Waals surface area contributed by atoms with Gasteiger partial charge in [-0.2, -0.15) is 8.42 Å². The Morgan fingerprint density at radius 3 is 2.08 bits per heavy atom. The summed E-state index contributed by atoms with van der Waals surface area (Å²) in [6.07, 6.45) is -5.18. The van der Waals surface area contributed by atoms with Crippen LogP contribution in [0.1, 0.15) is 6.92 Å². The van der Waals surface area contributed by atoms with Gasteiger partial charge in [-0.25, -0.2) is 4.18 Å². The van der Waals surface area contributed by atoms with Crippen LogP contribution in [0, 0.1) is 0 Å². The van der Waals surface area contributed by atoms with Crippen LogP contribution in [0.15, 0.2) is 0 Å². The van der Waals surface area contributed by atoms with Crippen molar-refractivity contribution < 1.29 is 35.0 Å². The van der Waals surface area contributed by atoms with Crippen LogP contribution in [-0.2, 0) is 23.8 Å². The second-order valence-electron chi connectivity index (χ2n) is 1.41. The third-order valence-corrected chi connectivity index (χ3v) is 1.23. The van der Waals surface area contributed by atoms with Crippen molar-refractivity contribution >= 4 is 29.3 Å². The molecule has 0 amide bonds. The first-order chi connectivity index (χ1) is 5.27. The van der Waals surface area contributed by atoms with E-state index in [0.717, 1.165) is 0 Å². The molecule has 0 saturated heterocycles. The molecule has 0 aliphatic carbocycles. The standard InChI is InChI=1S/C3H5F3O5S.Li.H/c1-2-9-12(7,8)11-10-3(4,5)6;;/h2H2,1H3;;. The molecule has 13 heavy (non-hydrogen) atoms. The molecule has 0 unspecified atom stereocenters. The van der Waals surface area contributed by atoms with Crippen LogP contribution in [0.3, 0.4) is 0 Å². The monoisotopic (exact) mass is 218 g/mol. The number of hydrogen-bond acceptors (Lipinski definition) is 5. The Bertz CT molecular complexity index is 224. The van der Waals surface area contributed by atoms with Gasteiger partial charge >= 0.3 is 35.6 Å².